The first-order valence-electron chi connectivity index (χ1n) is 19.4. The van der Waals surface area contributed by atoms with Crippen molar-refractivity contribution in [3.63, 3.8) is 0 Å². The van der Waals surface area contributed by atoms with Gasteiger partial charge in [-0.3, -0.25) is 4.79 Å². The standard InChI is InChI=1S/C43H46F4N6O10S/c1-25(26-9-14-29(44)15-10-26)36(54)48-30-16-11-27(12-17-30)28-13-20-34-49-38(51-52(34)22-28)53(32-19-18-31(64(8,58)59)21-33(32)60-23-43(45,46)47)40(57)62-24-61-37(55)35(41(2,3)4)50-39(56)63-42(5,6)7/h9-22,25,35H,23-24H2,1-8H3,(H,48,54)(H,50,56)/t25-,35-/m1/s1. The zero-order valence-electron chi connectivity index (χ0n) is 35.9. The molecule has 0 fully saturated rings. The molecule has 2 N–H and O–H groups in total. The molecule has 16 nitrogen and oxygen atoms in total. The van der Waals surface area contributed by atoms with Gasteiger partial charge in [0, 0.05) is 29.8 Å². The highest BCUT2D eigenvalue weighted by Gasteiger charge is 2.37. The molecule has 5 rings (SSSR count). The summed E-state index contributed by atoms with van der Waals surface area (Å²) in [5.41, 5.74) is 0.149. The lowest BCUT2D eigenvalue weighted by atomic mass is 9.87. The number of nitrogens with one attached hydrogen (secondary N) is 2. The number of anilines is 3. The Bertz CT molecular complexity index is 2630. The van der Waals surface area contributed by atoms with E-state index in [1.54, 1.807) is 78.8 Å². The number of benzene rings is 3. The van der Waals surface area contributed by atoms with Crippen molar-refractivity contribution in [1.29, 1.82) is 0 Å². The third kappa shape index (κ3) is 12.9. The van der Waals surface area contributed by atoms with Crippen LogP contribution in [0.2, 0.25) is 0 Å². The van der Waals surface area contributed by atoms with Crippen molar-refractivity contribution in [1.82, 2.24) is 19.9 Å². The first-order valence-corrected chi connectivity index (χ1v) is 21.3. The number of nitrogens with zero attached hydrogens (tertiary/aromatic N) is 4. The maximum atomic E-state index is 14.0. The molecule has 3 aromatic carbocycles. The van der Waals surface area contributed by atoms with Gasteiger partial charge in [-0.25, -0.2) is 36.6 Å². The van der Waals surface area contributed by atoms with Gasteiger partial charge in [0.2, 0.25) is 12.7 Å². The number of fused-ring (bicyclic) bond motifs is 1. The van der Waals surface area contributed by atoms with Gasteiger partial charge in [0.1, 0.15) is 23.2 Å². The average Bonchev–Trinajstić information content (AvgIpc) is 3.61. The fourth-order valence-corrected chi connectivity index (χ4v) is 6.49. The molecule has 0 spiro atoms. The number of esters is 1. The fraction of sp³-hybridized carbons (Fsp3) is 0.349. The molecule has 5 aromatic rings. The second-order valence-corrected chi connectivity index (χ2v) is 18.6. The summed E-state index contributed by atoms with van der Waals surface area (Å²) in [6.07, 6.45) is -4.86. The molecule has 2 heterocycles. The highest BCUT2D eigenvalue weighted by atomic mass is 32.2. The number of hydrogen-bond acceptors (Lipinski definition) is 12. The largest absolute Gasteiger partial charge is 0.482 e. The molecule has 21 heteroatoms. The predicted molar refractivity (Wildman–Crippen MR) is 225 cm³/mol. The Labute approximate surface area is 365 Å². The van der Waals surface area contributed by atoms with E-state index in [9.17, 15) is 45.2 Å². The van der Waals surface area contributed by atoms with Gasteiger partial charge in [-0.2, -0.15) is 18.2 Å². The van der Waals surface area contributed by atoms with Gasteiger partial charge >= 0.3 is 24.3 Å². The molecule has 2 atom stereocenters. The number of alkyl halides is 3. The lowest BCUT2D eigenvalue weighted by Gasteiger charge is -2.30. The van der Waals surface area contributed by atoms with Crippen LogP contribution < -0.4 is 20.3 Å². The topological polar surface area (TPSA) is 197 Å². The quantitative estimate of drug-likeness (QED) is 0.0652. The Balaban J connectivity index is 1.45. The number of carbonyl (C=O) groups excluding carboxylic acids is 4. The van der Waals surface area contributed by atoms with E-state index in [1.807, 2.05) is 0 Å². The Kier molecular flexibility index (Phi) is 14.3. The maximum Gasteiger partial charge on any atom is 0.424 e. The Morgan fingerprint density at radius 1 is 0.859 bits per heavy atom. The first kappa shape index (κ1) is 48.3. The van der Waals surface area contributed by atoms with Gasteiger partial charge in [0.25, 0.3) is 5.95 Å². The number of carbonyl (C=O) groups is 4. The number of sulfone groups is 1. The van der Waals surface area contributed by atoms with Gasteiger partial charge in [0.15, 0.2) is 22.1 Å². The molecule has 342 valence electrons. The van der Waals surface area contributed by atoms with Crippen LogP contribution >= 0.6 is 0 Å². The van der Waals surface area contributed by atoms with E-state index in [4.69, 9.17) is 18.9 Å². The molecule has 0 aliphatic carbocycles. The van der Waals surface area contributed by atoms with Gasteiger partial charge < -0.3 is 29.6 Å². The van der Waals surface area contributed by atoms with E-state index >= 15 is 0 Å². The lowest BCUT2D eigenvalue weighted by Crippen LogP contribution is -2.51. The van der Waals surface area contributed by atoms with Crippen molar-refractivity contribution >= 4 is 56.9 Å². The minimum Gasteiger partial charge on any atom is -0.482 e. The Morgan fingerprint density at radius 2 is 1.50 bits per heavy atom. The van der Waals surface area contributed by atoms with E-state index < -0.39 is 98.6 Å². The van der Waals surface area contributed by atoms with Crippen LogP contribution in [0.5, 0.6) is 5.75 Å². The second kappa shape index (κ2) is 18.9. The zero-order valence-corrected chi connectivity index (χ0v) is 36.8. The Morgan fingerprint density at radius 3 is 2.09 bits per heavy atom. The van der Waals surface area contributed by atoms with Crippen molar-refractivity contribution in [2.75, 3.05) is 29.9 Å². The summed E-state index contributed by atoms with van der Waals surface area (Å²) in [6, 6.07) is 17.0. The van der Waals surface area contributed by atoms with Crippen LogP contribution in [0, 0.1) is 11.2 Å². The minimum atomic E-state index is -4.89. The fourth-order valence-electron chi connectivity index (χ4n) is 5.85. The average molecular weight is 915 g/mol. The van der Waals surface area contributed by atoms with Crippen LogP contribution in [0.1, 0.15) is 59.9 Å². The van der Waals surface area contributed by atoms with Crippen LogP contribution in [0.15, 0.2) is 90.0 Å². The summed E-state index contributed by atoms with van der Waals surface area (Å²) < 4.78 is 101. The summed E-state index contributed by atoms with van der Waals surface area (Å²) in [5, 5.41) is 9.64. The van der Waals surface area contributed by atoms with E-state index in [2.05, 4.69) is 20.7 Å². The van der Waals surface area contributed by atoms with Crippen LogP contribution in [0.25, 0.3) is 16.8 Å². The number of halogens is 4. The molecule has 0 saturated carbocycles. The van der Waals surface area contributed by atoms with Crippen molar-refractivity contribution in [2.24, 2.45) is 5.41 Å². The monoisotopic (exact) mass is 914 g/mol. The molecule has 0 saturated heterocycles. The molecule has 0 unspecified atom stereocenters. The highest BCUT2D eigenvalue weighted by Crippen LogP contribution is 2.37. The van der Waals surface area contributed by atoms with Gasteiger partial charge in [-0.05, 0) is 92.8 Å². The molecule has 2 aromatic heterocycles. The first-order chi connectivity index (χ1) is 29.7. The summed E-state index contributed by atoms with van der Waals surface area (Å²) in [5.74, 6) is -3.55. The van der Waals surface area contributed by atoms with Crippen molar-refractivity contribution in [3.8, 4) is 16.9 Å². The zero-order chi connectivity index (χ0) is 47.4. The second-order valence-electron chi connectivity index (χ2n) is 16.5. The molecular formula is C43H46F4N6O10S. The number of pyridine rings is 1. The summed E-state index contributed by atoms with van der Waals surface area (Å²) >= 11 is 0. The molecular weight excluding hydrogens is 869 g/mol. The molecule has 0 aliphatic heterocycles. The van der Waals surface area contributed by atoms with E-state index in [-0.39, 0.29) is 11.6 Å². The van der Waals surface area contributed by atoms with Crippen LogP contribution in [-0.2, 0) is 33.6 Å². The van der Waals surface area contributed by atoms with Crippen molar-refractivity contribution in [2.45, 2.75) is 77.1 Å². The normalized spacial score (nSPS) is 13.1. The number of hydrogen-bond donors (Lipinski definition) is 2. The lowest BCUT2D eigenvalue weighted by molar-refractivity contribution is -0.157. The minimum absolute atomic E-state index is 0.133. The maximum absolute atomic E-state index is 14.0. The van der Waals surface area contributed by atoms with Gasteiger partial charge in [-0.1, -0.05) is 45.0 Å². The van der Waals surface area contributed by atoms with Crippen LogP contribution in [0.4, 0.5) is 44.5 Å². The van der Waals surface area contributed by atoms with E-state index in [0.717, 1.165) is 24.5 Å². The molecule has 3 amide bonds. The molecule has 64 heavy (non-hydrogen) atoms. The molecule has 0 radical (unpaired) electrons. The molecule has 0 aliphatic rings. The number of ether oxygens (including phenoxy) is 4. The van der Waals surface area contributed by atoms with E-state index in [0.29, 0.717) is 27.3 Å². The van der Waals surface area contributed by atoms with Crippen molar-refractivity contribution in [3.05, 3.63) is 96.4 Å². The number of rotatable bonds is 13. The highest BCUT2D eigenvalue weighted by molar-refractivity contribution is 7.90. The van der Waals surface area contributed by atoms with Gasteiger partial charge in [0.05, 0.1) is 16.5 Å². The number of alkyl carbamates (subject to hydrolysis) is 1. The summed E-state index contributed by atoms with van der Waals surface area (Å²) in [7, 11) is -4.01. The summed E-state index contributed by atoms with van der Waals surface area (Å²) in [4.78, 5) is 57.2. The van der Waals surface area contributed by atoms with E-state index in [1.165, 1.54) is 41.0 Å². The van der Waals surface area contributed by atoms with Crippen LogP contribution in [-0.4, -0.2) is 84.6 Å². The van der Waals surface area contributed by atoms with Crippen LogP contribution in [0.3, 0.4) is 0 Å². The SMILES string of the molecule is C[C@@H](C(=O)Nc1ccc(-c2ccc3nc(N(C(=O)OCOC(=O)[C@@H](NC(=O)OC(C)(C)C)C(C)(C)C)c4ccc(S(C)(=O)=O)cc4OCC(F)(F)F)nn3c2)cc1)c1ccc(F)cc1. The Hall–Kier alpha value is -6.77. The third-order valence-corrected chi connectivity index (χ3v) is 10.2. The molecule has 0 bridgehead atoms. The third-order valence-electron chi connectivity index (χ3n) is 9.09. The predicted octanol–water partition coefficient (Wildman–Crippen LogP) is 8.34. The number of amides is 3. The smallest absolute Gasteiger partial charge is 0.424 e. The van der Waals surface area contributed by atoms with Gasteiger partial charge in [-0.15, -0.1) is 5.10 Å². The van der Waals surface area contributed by atoms with Crippen molar-refractivity contribution < 1.29 is 64.1 Å². The number of aromatic nitrogens is 3. The summed E-state index contributed by atoms with van der Waals surface area (Å²) in [6.45, 7) is 8.48.